The van der Waals surface area contributed by atoms with Crippen LogP contribution >= 0.6 is 0 Å². The third-order valence-corrected chi connectivity index (χ3v) is 1.37. The molecule has 0 spiro atoms. The molecule has 0 N–H and O–H groups in total. The SMILES string of the molecule is FC(F)(F)c1nc2ncccn2n1. The van der Waals surface area contributed by atoms with Crippen LogP contribution in [0.5, 0.6) is 0 Å². The summed E-state index contributed by atoms with van der Waals surface area (Å²) in [7, 11) is 0. The lowest BCUT2D eigenvalue weighted by Gasteiger charge is -1.96. The van der Waals surface area contributed by atoms with Crippen molar-refractivity contribution in [3.05, 3.63) is 24.3 Å². The zero-order chi connectivity index (χ0) is 9.47. The molecular formula is C6H3F3N4. The van der Waals surface area contributed by atoms with Crippen LogP contribution in [0.2, 0.25) is 0 Å². The Hall–Kier alpha value is -1.66. The van der Waals surface area contributed by atoms with Crippen molar-refractivity contribution < 1.29 is 13.2 Å². The molecule has 0 saturated carbocycles. The molecular weight excluding hydrogens is 185 g/mol. The van der Waals surface area contributed by atoms with Crippen LogP contribution in [0, 0.1) is 0 Å². The van der Waals surface area contributed by atoms with Crippen LogP contribution in [-0.2, 0) is 6.18 Å². The van der Waals surface area contributed by atoms with E-state index in [1.54, 1.807) is 0 Å². The molecule has 0 aliphatic carbocycles. The van der Waals surface area contributed by atoms with Crippen LogP contribution in [-0.4, -0.2) is 19.6 Å². The van der Waals surface area contributed by atoms with Gasteiger partial charge in [0.1, 0.15) is 0 Å². The maximum atomic E-state index is 12.1. The lowest BCUT2D eigenvalue weighted by atomic mass is 10.6. The van der Waals surface area contributed by atoms with E-state index in [-0.39, 0.29) is 5.78 Å². The number of hydrogen-bond donors (Lipinski definition) is 0. The molecule has 0 aromatic carbocycles. The van der Waals surface area contributed by atoms with Gasteiger partial charge in [-0.1, -0.05) is 0 Å². The minimum absolute atomic E-state index is 0.0603. The van der Waals surface area contributed by atoms with Gasteiger partial charge in [0, 0.05) is 12.4 Å². The van der Waals surface area contributed by atoms with Gasteiger partial charge in [-0.25, -0.2) is 9.50 Å². The molecule has 2 rings (SSSR count). The fourth-order valence-electron chi connectivity index (χ4n) is 0.853. The Kier molecular flexibility index (Phi) is 1.48. The van der Waals surface area contributed by atoms with Gasteiger partial charge in [0.15, 0.2) is 0 Å². The van der Waals surface area contributed by atoms with Crippen LogP contribution in [0.4, 0.5) is 13.2 Å². The molecule has 2 aromatic rings. The molecule has 2 aromatic heterocycles. The average molecular weight is 188 g/mol. The summed E-state index contributed by atoms with van der Waals surface area (Å²) >= 11 is 0. The second-order valence-corrected chi connectivity index (χ2v) is 2.30. The molecule has 0 amide bonds. The third kappa shape index (κ3) is 1.32. The molecule has 0 aliphatic rings. The molecule has 68 valence electrons. The summed E-state index contributed by atoms with van der Waals surface area (Å²) < 4.78 is 37.2. The first kappa shape index (κ1) is 7.96. The molecule has 0 aliphatic heterocycles. The Bertz CT molecular complexity index is 400. The van der Waals surface area contributed by atoms with Crippen molar-refractivity contribution in [2.75, 3.05) is 0 Å². The highest BCUT2D eigenvalue weighted by Crippen LogP contribution is 2.25. The summed E-state index contributed by atoms with van der Waals surface area (Å²) in [5.74, 6) is -1.24. The van der Waals surface area contributed by atoms with Crippen molar-refractivity contribution in [2.45, 2.75) is 6.18 Å². The van der Waals surface area contributed by atoms with Gasteiger partial charge < -0.3 is 0 Å². The van der Waals surface area contributed by atoms with Crippen molar-refractivity contribution in [3.63, 3.8) is 0 Å². The van der Waals surface area contributed by atoms with E-state index >= 15 is 0 Å². The largest absolute Gasteiger partial charge is 0.453 e. The smallest absolute Gasteiger partial charge is 0.220 e. The minimum atomic E-state index is -4.52. The Morgan fingerprint density at radius 1 is 1.31 bits per heavy atom. The molecule has 0 radical (unpaired) electrons. The highest BCUT2D eigenvalue weighted by molar-refractivity contribution is 5.25. The molecule has 0 unspecified atom stereocenters. The monoisotopic (exact) mass is 188 g/mol. The molecule has 0 atom stereocenters. The fourth-order valence-corrected chi connectivity index (χ4v) is 0.853. The van der Waals surface area contributed by atoms with Crippen molar-refractivity contribution in [1.82, 2.24) is 19.6 Å². The normalized spacial score (nSPS) is 12.2. The second kappa shape index (κ2) is 2.41. The quantitative estimate of drug-likeness (QED) is 0.622. The zero-order valence-corrected chi connectivity index (χ0v) is 6.15. The van der Waals surface area contributed by atoms with Gasteiger partial charge >= 0.3 is 6.18 Å². The van der Waals surface area contributed by atoms with Gasteiger partial charge in [-0.2, -0.15) is 18.2 Å². The van der Waals surface area contributed by atoms with Gasteiger partial charge in [-0.3, -0.25) is 0 Å². The van der Waals surface area contributed by atoms with Gasteiger partial charge in [0.25, 0.3) is 11.6 Å². The summed E-state index contributed by atoms with van der Waals surface area (Å²) in [5.41, 5.74) is 0. The van der Waals surface area contributed by atoms with Crippen molar-refractivity contribution in [1.29, 1.82) is 0 Å². The van der Waals surface area contributed by atoms with Crippen LogP contribution in [0.3, 0.4) is 0 Å². The topological polar surface area (TPSA) is 43.1 Å². The lowest BCUT2D eigenvalue weighted by molar-refractivity contribution is -0.144. The predicted octanol–water partition coefficient (Wildman–Crippen LogP) is 1.14. The Labute approximate surface area is 70.0 Å². The van der Waals surface area contributed by atoms with E-state index in [0.717, 1.165) is 4.52 Å². The first-order chi connectivity index (χ1) is 6.07. The lowest BCUT2D eigenvalue weighted by Crippen LogP contribution is -2.07. The van der Waals surface area contributed by atoms with Crippen molar-refractivity contribution in [2.24, 2.45) is 0 Å². The number of hydrogen-bond acceptors (Lipinski definition) is 3. The Balaban J connectivity index is 2.63. The molecule has 7 heteroatoms. The van der Waals surface area contributed by atoms with E-state index in [9.17, 15) is 13.2 Å². The summed E-state index contributed by atoms with van der Waals surface area (Å²) in [6.07, 6.45) is -1.82. The van der Waals surface area contributed by atoms with Gasteiger partial charge in [-0.15, -0.1) is 5.10 Å². The Morgan fingerprint density at radius 3 is 2.69 bits per heavy atom. The number of aromatic nitrogens is 4. The number of halogens is 3. The van der Waals surface area contributed by atoms with Gasteiger partial charge in [0.05, 0.1) is 0 Å². The maximum absolute atomic E-state index is 12.1. The average Bonchev–Trinajstić information content (AvgIpc) is 2.45. The van der Waals surface area contributed by atoms with E-state index in [2.05, 4.69) is 15.1 Å². The molecule has 0 bridgehead atoms. The molecule has 2 heterocycles. The van der Waals surface area contributed by atoms with Crippen LogP contribution in [0.15, 0.2) is 18.5 Å². The van der Waals surface area contributed by atoms with E-state index < -0.39 is 12.0 Å². The number of fused-ring (bicyclic) bond motifs is 1. The van der Waals surface area contributed by atoms with E-state index in [0.29, 0.717) is 0 Å². The minimum Gasteiger partial charge on any atom is -0.220 e. The molecule has 13 heavy (non-hydrogen) atoms. The molecule has 0 saturated heterocycles. The maximum Gasteiger partial charge on any atom is 0.453 e. The third-order valence-electron chi connectivity index (χ3n) is 1.37. The van der Waals surface area contributed by atoms with E-state index in [1.165, 1.54) is 18.5 Å². The van der Waals surface area contributed by atoms with Crippen LogP contribution < -0.4 is 0 Å². The number of nitrogens with zero attached hydrogens (tertiary/aromatic N) is 4. The van der Waals surface area contributed by atoms with Crippen LogP contribution in [0.25, 0.3) is 5.78 Å². The highest BCUT2D eigenvalue weighted by Gasteiger charge is 2.36. The van der Waals surface area contributed by atoms with Crippen LogP contribution in [0.1, 0.15) is 5.82 Å². The first-order valence-corrected chi connectivity index (χ1v) is 3.32. The zero-order valence-electron chi connectivity index (χ0n) is 6.15. The number of rotatable bonds is 0. The summed E-state index contributed by atoms with van der Waals surface area (Å²) in [6, 6.07) is 1.47. The van der Waals surface area contributed by atoms with Crippen molar-refractivity contribution in [3.8, 4) is 0 Å². The first-order valence-electron chi connectivity index (χ1n) is 3.32. The van der Waals surface area contributed by atoms with Gasteiger partial charge in [-0.05, 0) is 6.07 Å². The summed E-state index contributed by atoms with van der Waals surface area (Å²) in [5, 5.41) is 3.20. The molecule has 0 fully saturated rings. The molecule has 4 nitrogen and oxygen atoms in total. The van der Waals surface area contributed by atoms with E-state index in [4.69, 9.17) is 0 Å². The second-order valence-electron chi connectivity index (χ2n) is 2.30. The highest BCUT2D eigenvalue weighted by atomic mass is 19.4. The van der Waals surface area contributed by atoms with E-state index in [1.807, 2.05) is 0 Å². The van der Waals surface area contributed by atoms with Gasteiger partial charge in [0.2, 0.25) is 0 Å². The predicted molar refractivity (Wildman–Crippen MR) is 35.8 cm³/mol. The fraction of sp³-hybridized carbons (Fsp3) is 0.167. The summed E-state index contributed by atoms with van der Waals surface area (Å²) in [6.45, 7) is 0. The number of alkyl halides is 3. The Morgan fingerprint density at radius 2 is 2.08 bits per heavy atom. The summed E-state index contributed by atoms with van der Waals surface area (Å²) in [4.78, 5) is 6.80. The van der Waals surface area contributed by atoms with Crippen molar-refractivity contribution >= 4 is 5.78 Å². The standard InChI is InChI=1S/C6H3F3N4/c7-6(8,9)4-11-5-10-2-1-3-13(5)12-4/h1-3H.